The number of rotatable bonds is 7. The van der Waals surface area contributed by atoms with E-state index in [2.05, 4.69) is 15.6 Å². The molecule has 0 aliphatic heterocycles. The Labute approximate surface area is 155 Å². The van der Waals surface area contributed by atoms with Gasteiger partial charge in [0.05, 0.1) is 10.7 Å². The molecule has 3 fully saturated rings. The zero-order valence-electron chi connectivity index (χ0n) is 14.3. The smallest absolute Gasteiger partial charge is 0.258 e. The van der Waals surface area contributed by atoms with Crippen LogP contribution in [0, 0.1) is 12.7 Å². The number of amides is 1. The summed E-state index contributed by atoms with van der Waals surface area (Å²) in [5, 5.41) is 6.56. The highest BCUT2D eigenvalue weighted by Gasteiger charge is 2.68. The van der Waals surface area contributed by atoms with Crippen molar-refractivity contribution in [1.29, 1.82) is 0 Å². The zero-order chi connectivity index (χ0) is 18.4. The molecule has 1 aromatic heterocycles. The number of nitrogens with one attached hydrogen (secondary N) is 2. The number of carbonyl (C=O) groups excluding carboxylic acids is 1. The van der Waals surface area contributed by atoms with Gasteiger partial charge in [-0.15, -0.1) is 0 Å². The SMILES string of the molecule is Cc1ocnc1CNC12CC(NC(=O)COc3ccc(Cl)c(F)c3)(C1)C2. The van der Waals surface area contributed by atoms with Crippen molar-refractivity contribution in [3.63, 3.8) is 0 Å². The summed E-state index contributed by atoms with van der Waals surface area (Å²) in [6, 6.07) is 4.10. The van der Waals surface area contributed by atoms with Crippen molar-refractivity contribution in [2.45, 2.75) is 43.8 Å². The Kier molecular flexibility index (Phi) is 4.16. The molecule has 26 heavy (non-hydrogen) atoms. The Morgan fingerprint density at radius 3 is 2.81 bits per heavy atom. The van der Waals surface area contributed by atoms with Crippen LogP contribution in [0.4, 0.5) is 4.39 Å². The summed E-state index contributed by atoms with van der Waals surface area (Å²) in [6.07, 6.45) is 4.11. The maximum absolute atomic E-state index is 13.4. The largest absolute Gasteiger partial charge is 0.484 e. The summed E-state index contributed by atoms with van der Waals surface area (Å²) >= 11 is 5.62. The molecule has 0 unspecified atom stereocenters. The molecule has 2 N–H and O–H groups in total. The van der Waals surface area contributed by atoms with E-state index in [0.717, 1.165) is 30.7 Å². The lowest BCUT2D eigenvalue weighted by molar-refractivity contribution is -0.143. The molecule has 2 aromatic rings. The van der Waals surface area contributed by atoms with Gasteiger partial charge in [0.25, 0.3) is 5.91 Å². The molecule has 3 aliphatic rings. The predicted molar refractivity (Wildman–Crippen MR) is 92.4 cm³/mol. The van der Waals surface area contributed by atoms with Crippen LogP contribution in [0.2, 0.25) is 5.02 Å². The third-order valence-electron chi connectivity index (χ3n) is 5.17. The number of ether oxygens (including phenoxy) is 1. The molecule has 1 heterocycles. The third-order valence-corrected chi connectivity index (χ3v) is 5.48. The summed E-state index contributed by atoms with van der Waals surface area (Å²) in [5.41, 5.74) is 0.854. The van der Waals surface area contributed by atoms with Crippen LogP contribution < -0.4 is 15.4 Å². The maximum atomic E-state index is 13.4. The zero-order valence-corrected chi connectivity index (χ0v) is 15.0. The minimum atomic E-state index is -0.570. The highest BCUT2D eigenvalue weighted by atomic mass is 35.5. The second kappa shape index (κ2) is 6.25. The molecule has 0 atom stereocenters. The fourth-order valence-electron chi connectivity index (χ4n) is 3.92. The van der Waals surface area contributed by atoms with Gasteiger partial charge in [0.15, 0.2) is 13.0 Å². The number of hydrogen-bond donors (Lipinski definition) is 2. The summed E-state index contributed by atoms with van der Waals surface area (Å²) in [5.74, 6) is 0.323. The van der Waals surface area contributed by atoms with Gasteiger partial charge in [0.1, 0.15) is 17.3 Å². The first-order valence-corrected chi connectivity index (χ1v) is 8.79. The van der Waals surface area contributed by atoms with Gasteiger partial charge in [-0.05, 0) is 38.3 Å². The van der Waals surface area contributed by atoms with Gasteiger partial charge in [-0.2, -0.15) is 0 Å². The van der Waals surface area contributed by atoms with Crippen molar-refractivity contribution in [2.24, 2.45) is 0 Å². The van der Waals surface area contributed by atoms with Crippen LogP contribution in [0.15, 0.2) is 29.0 Å². The van der Waals surface area contributed by atoms with Gasteiger partial charge in [-0.1, -0.05) is 11.6 Å². The third kappa shape index (κ3) is 3.17. The molecule has 0 radical (unpaired) electrons. The molecular formula is C18H19ClFN3O3. The number of aryl methyl sites for hydroxylation is 1. The lowest BCUT2D eigenvalue weighted by atomic mass is 9.44. The van der Waals surface area contributed by atoms with Crippen LogP contribution >= 0.6 is 11.6 Å². The Balaban J connectivity index is 1.21. The second-order valence-electron chi connectivity index (χ2n) is 7.21. The van der Waals surface area contributed by atoms with Crippen LogP contribution in [0.25, 0.3) is 0 Å². The molecule has 0 saturated heterocycles. The van der Waals surface area contributed by atoms with E-state index in [1.54, 1.807) is 0 Å². The first-order valence-electron chi connectivity index (χ1n) is 8.42. The van der Waals surface area contributed by atoms with Crippen LogP contribution in [-0.4, -0.2) is 28.6 Å². The van der Waals surface area contributed by atoms with Crippen LogP contribution in [0.5, 0.6) is 5.75 Å². The first kappa shape index (κ1) is 17.3. The van der Waals surface area contributed by atoms with E-state index in [9.17, 15) is 9.18 Å². The Bertz CT molecular complexity index is 834. The average Bonchev–Trinajstić information content (AvgIpc) is 2.95. The summed E-state index contributed by atoms with van der Waals surface area (Å²) in [7, 11) is 0. The maximum Gasteiger partial charge on any atom is 0.258 e. The van der Waals surface area contributed by atoms with Crippen LogP contribution in [0.1, 0.15) is 30.7 Å². The molecule has 1 amide bonds. The van der Waals surface area contributed by atoms with Gasteiger partial charge in [0.2, 0.25) is 0 Å². The minimum absolute atomic E-state index is 0.0225. The second-order valence-corrected chi connectivity index (χ2v) is 7.62. The quantitative estimate of drug-likeness (QED) is 0.773. The van der Waals surface area contributed by atoms with Crippen molar-refractivity contribution >= 4 is 17.5 Å². The van der Waals surface area contributed by atoms with E-state index in [-0.39, 0.29) is 34.4 Å². The van der Waals surface area contributed by atoms with Crippen molar-refractivity contribution in [1.82, 2.24) is 15.6 Å². The van der Waals surface area contributed by atoms with E-state index in [0.29, 0.717) is 6.54 Å². The standard InChI is InChI=1S/C18H19ClFN3O3/c1-11-15(21-10-26-11)5-22-17-7-18(8-17,9-17)23-16(24)6-25-12-2-3-13(19)14(20)4-12/h2-4,10,22H,5-9H2,1H3,(H,23,24). The molecular weight excluding hydrogens is 361 g/mol. The lowest BCUT2D eigenvalue weighted by Crippen LogP contribution is -2.83. The highest BCUT2D eigenvalue weighted by Crippen LogP contribution is 2.60. The van der Waals surface area contributed by atoms with Gasteiger partial charge in [-0.3, -0.25) is 4.79 Å². The van der Waals surface area contributed by atoms with E-state index >= 15 is 0 Å². The van der Waals surface area contributed by atoms with Crippen molar-refractivity contribution in [3.8, 4) is 5.75 Å². The Hall–Kier alpha value is -2.12. The number of halogens is 2. The molecule has 1 aromatic carbocycles. The van der Waals surface area contributed by atoms with Crippen LogP contribution in [0.3, 0.4) is 0 Å². The number of aromatic nitrogens is 1. The topological polar surface area (TPSA) is 76.4 Å². The number of hydrogen-bond acceptors (Lipinski definition) is 5. The van der Waals surface area contributed by atoms with Crippen molar-refractivity contribution in [2.75, 3.05) is 6.61 Å². The Morgan fingerprint density at radius 1 is 1.38 bits per heavy atom. The van der Waals surface area contributed by atoms with E-state index < -0.39 is 5.82 Å². The monoisotopic (exact) mass is 379 g/mol. The van der Waals surface area contributed by atoms with Gasteiger partial charge in [0, 0.05) is 23.7 Å². The van der Waals surface area contributed by atoms with Gasteiger partial charge in [-0.25, -0.2) is 9.37 Å². The molecule has 8 heteroatoms. The van der Waals surface area contributed by atoms with E-state index in [4.69, 9.17) is 20.8 Å². The molecule has 3 aliphatic carbocycles. The molecule has 3 saturated carbocycles. The number of benzene rings is 1. The minimum Gasteiger partial charge on any atom is -0.484 e. The average molecular weight is 380 g/mol. The van der Waals surface area contributed by atoms with Crippen molar-refractivity contribution < 1.29 is 18.3 Å². The van der Waals surface area contributed by atoms with Crippen molar-refractivity contribution in [3.05, 3.63) is 46.9 Å². The highest BCUT2D eigenvalue weighted by molar-refractivity contribution is 6.30. The summed E-state index contributed by atoms with van der Waals surface area (Å²) in [4.78, 5) is 16.3. The molecule has 5 rings (SSSR count). The normalized spacial score (nSPS) is 26.0. The summed E-state index contributed by atoms with van der Waals surface area (Å²) in [6.45, 7) is 2.40. The molecule has 2 bridgehead atoms. The van der Waals surface area contributed by atoms with Crippen LogP contribution in [-0.2, 0) is 11.3 Å². The predicted octanol–water partition coefficient (Wildman–Crippen LogP) is 2.74. The van der Waals surface area contributed by atoms with Gasteiger partial charge < -0.3 is 19.8 Å². The number of carbonyl (C=O) groups is 1. The number of nitrogens with zero attached hydrogens (tertiary/aromatic N) is 1. The fraction of sp³-hybridized carbons (Fsp3) is 0.444. The fourth-order valence-corrected chi connectivity index (χ4v) is 4.04. The molecule has 0 spiro atoms. The van der Waals surface area contributed by atoms with E-state index in [1.165, 1.54) is 24.6 Å². The summed E-state index contributed by atoms with van der Waals surface area (Å²) < 4.78 is 23.9. The molecule has 6 nitrogen and oxygen atoms in total. The van der Waals surface area contributed by atoms with Gasteiger partial charge >= 0.3 is 0 Å². The lowest BCUT2D eigenvalue weighted by Gasteiger charge is -2.70. The first-order chi connectivity index (χ1) is 12.4. The molecule has 138 valence electrons. The van der Waals surface area contributed by atoms with E-state index in [1.807, 2.05) is 6.92 Å². The Morgan fingerprint density at radius 2 is 2.15 bits per heavy atom. The number of oxazole rings is 1.